The maximum absolute atomic E-state index is 12.7. The fourth-order valence-corrected chi connectivity index (χ4v) is 3.06. The van der Waals surface area contributed by atoms with Gasteiger partial charge in [0.25, 0.3) is 5.91 Å². The minimum absolute atomic E-state index is 0.0508. The first-order chi connectivity index (χ1) is 12.0. The zero-order valence-electron chi connectivity index (χ0n) is 14.0. The van der Waals surface area contributed by atoms with Crippen LogP contribution in [0.4, 0.5) is 4.79 Å². The molecule has 3 rings (SSSR count). The minimum Gasteiger partial charge on any atom is -0.351 e. The largest absolute Gasteiger partial charge is 0.351 e. The lowest BCUT2D eigenvalue weighted by atomic mass is 10.2. The van der Waals surface area contributed by atoms with Crippen LogP contribution >= 0.6 is 0 Å². The Bertz CT molecular complexity index is 774. The molecule has 1 fully saturated rings. The van der Waals surface area contributed by atoms with Crippen LogP contribution in [0.5, 0.6) is 0 Å². The number of nitrogens with one attached hydrogen (secondary N) is 2. The number of nitrogens with two attached hydrogens (primary N) is 1. The first-order valence-electron chi connectivity index (χ1n) is 8.17. The Morgan fingerprint density at radius 1 is 1.16 bits per heavy atom. The summed E-state index contributed by atoms with van der Waals surface area (Å²) in [5.41, 5.74) is 6.47. The van der Waals surface area contributed by atoms with E-state index in [9.17, 15) is 14.4 Å². The van der Waals surface area contributed by atoms with Crippen LogP contribution in [0.25, 0.3) is 10.9 Å². The van der Waals surface area contributed by atoms with Crippen LogP contribution in [0.15, 0.2) is 30.3 Å². The zero-order chi connectivity index (χ0) is 18.0. The van der Waals surface area contributed by atoms with Gasteiger partial charge in [-0.25, -0.2) is 4.79 Å². The second-order valence-corrected chi connectivity index (χ2v) is 6.13. The number of amides is 4. The normalized spacial score (nSPS) is 16.6. The molecule has 132 valence electrons. The Hall–Kier alpha value is -2.87. The number of benzene rings is 1. The topological polar surface area (TPSA) is 112 Å². The van der Waals surface area contributed by atoms with Crippen LogP contribution in [-0.4, -0.2) is 64.9 Å². The number of para-hydroxylation sites is 1. The Kier molecular flexibility index (Phi) is 4.71. The summed E-state index contributed by atoms with van der Waals surface area (Å²) in [4.78, 5) is 42.1. The number of urea groups is 1. The van der Waals surface area contributed by atoms with Crippen molar-refractivity contribution in [2.75, 3.05) is 26.2 Å². The number of hydrogen-bond acceptors (Lipinski definition) is 4. The van der Waals surface area contributed by atoms with E-state index in [0.717, 1.165) is 10.9 Å². The third-order valence-corrected chi connectivity index (χ3v) is 4.54. The molecule has 4 amide bonds. The maximum Gasteiger partial charge on any atom is 0.318 e. The van der Waals surface area contributed by atoms with E-state index in [-0.39, 0.29) is 5.91 Å². The highest BCUT2D eigenvalue weighted by molar-refractivity contribution is 5.98. The van der Waals surface area contributed by atoms with Crippen molar-refractivity contribution in [3.63, 3.8) is 0 Å². The fraction of sp³-hybridized carbons (Fsp3) is 0.353. The van der Waals surface area contributed by atoms with Crippen LogP contribution in [0, 0.1) is 0 Å². The number of piperazine rings is 1. The summed E-state index contributed by atoms with van der Waals surface area (Å²) in [7, 11) is 0. The molecule has 0 aliphatic carbocycles. The fourth-order valence-electron chi connectivity index (χ4n) is 3.06. The van der Waals surface area contributed by atoms with Gasteiger partial charge in [0, 0.05) is 37.1 Å². The lowest BCUT2D eigenvalue weighted by Gasteiger charge is -2.37. The average molecular weight is 343 g/mol. The van der Waals surface area contributed by atoms with E-state index in [1.165, 1.54) is 0 Å². The minimum atomic E-state index is -0.857. The number of primary amides is 1. The van der Waals surface area contributed by atoms with Crippen LogP contribution in [0.3, 0.4) is 0 Å². The number of carbonyl (C=O) groups excluding carboxylic acids is 3. The van der Waals surface area contributed by atoms with Gasteiger partial charge in [-0.15, -0.1) is 0 Å². The molecule has 1 aromatic carbocycles. The first-order valence-corrected chi connectivity index (χ1v) is 8.17. The highest BCUT2D eigenvalue weighted by Gasteiger charge is 2.28. The van der Waals surface area contributed by atoms with E-state index in [1.807, 2.05) is 35.2 Å². The number of nitrogens with zero attached hydrogens (tertiary/aromatic N) is 2. The van der Waals surface area contributed by atoms with Crippen LogP contribution in [0.2, 0.25) is 0 Å². The Morgan fingerprint density at radius 3 is 2.48 bits per heavy atom. The molecular formula is C17H21N5O3. The second kappa shape index (κ2) is 6.94. The molecule has 0 spiro atoms. The van der Waals surface area contributed by atoms with Crippen molar-refractivity contribution >= 4 is 28.7 Å². The standard InChI is InChI=1S/C17H21N5O3/c1-11(15(23)20-17(18)25)21-6-8-22(9-7-21)16(24)14-10-12-4-2-3-5-13(12)19-14/h2-5,10-11,19H,6-9H2,1H3,(H3,18,20,23,25). The summed E-state index contributed by atoms with van der Waals surface area (Å²) >= 11 is 0. The molecule has 8 nitrogen and oxygen atoms in total. The van der Waals surface area contributed by atoms with Gasteiger partial charge in [-0.1, -0.05) is 18.2 Å². The quantitative estimate of drug-likeness (QED) is 0.754. The molecule has 1 aromatic heterocycles. The molecule has 1 aliphatic heterocycles. The van der Waals surface area contributed by atoms with E-state index < -0.39 is 18.0 Å². The van der Waals surface area contributed by atoms with Crippen molar-refractivity contribution in [2.24, 2.45) is 5.73 Å². The Balaban J connectivity index is 1.60. The molecule has 0 radical (unpaired) electrons. The molecule has 2 aromatic rings. The molecule has 0 saturated carbocycles. The van der Waals surface area contributed by atoms with Crippen LogP contribution < -0.4 is 11.1 Å². The van der Waals surface area contributed by atoms with Gasteiger partial charge in [-0.2, -0.15) is 0 Å². The van der Waals surface area contributed by atoms with Gasteiger partial charge >= 0.3 is 6.03 Å². The number of aromatic amines is 1. The van der Waals surface area contributed by atoms with E-state index in [2.05, 4.69) is 10.3 Å². The van der Waals surface area contributed by atoms with E-state index in [1.54, 1.807) is 11.8 Å². The van der Waals surface area contributed by atoms with Crippen molar-refractivity contribution in [2.45, 2.75) is 13.0 Å². The van der Waals surface area contributed by atoms with E-state index in [0.29, 0.717) is 31.9 Å². The van der Waals surface area contributed by atoms with Gasteiger partial charge in [-0.3, -0.25) is 19.8 Å². The molecule has 2 heterocycles. The number of fused-ring (bicyclic) bond motifs is 1. The van der Waals surface area contributed by atoms with Gasteiger partial charge in [0.2, 0.25) is 5.91 Å². The van der Waals surface area contributed by atoms with Crippen LogP contribution in [0.1, 0.15) is 17.4 Å². The molecule has 1 aliphatic rings. The molecule has 1 atom stereocenters. The Morgan fingerprint density at radius 2 is 1.84 bits per heavy atom. The van der Waals surface area contributed by atoms with Crippen molar-refractivity contribution < 1.29 is 14.4 Å². The summed E-state index contributed by atoms with van der Waals surface area (Å²) in [5, 5.41) is 3.09. The summed E-state index contributed by atoms with van der Waals surface area (Å²) in [6, 6.07) is 8.27. The van der Waals surface area contributed by atoms with Gasteiger partial charge in [0.15, 0.2) is 0 Å². The third-order valence-electron chi connectivity index (χ3n) is 4.54. The highest BCUT2D eigenvalue weighted by atomic mass is 16.2. The molecule has 25 heavy (non-hydrogen) atoms. The third kappa shape index (κ3) is 3.63. The summed E-state index contributed by atoms with van der Waals surface area (Å²) < 4.78 is 0. The van der Waals surface area contributed by atoms with Crippen molar-refractivity contribution in [1.82, 2.24) is 20.1 Å². The molecule has 0 bridgehead atoms. The second-order valence-electron chi connectivity index (χ2n) is 6.13. The number of carbonyl (C=O) groups is 3. The summed E-state index contributed by atoms with van der Waals surface area (Å²) in [6.07, 6.45) is 0. The van der Waals surface area contributed by atoms with Crippen molar-refractivity contribution in [3.05, 3.63) is 36.0 Å². The van der Waals surface area contributed by atoms with Crippen molar-refractivity contribution in [1.29, 1.82) is 0 Å². The number of aromatic nitrogens is 1. The van der Waals surface area contributed by atoms with E-state index >= 15 is 0 Å². The lowest BCUT2D eigenvalue weighted by molar-refractivity contribution is -0.125. The lowest BCUT2D eigenvalue weighted by Crippen LogP contribution is -2.56. The van der Waals surface area contributed by atoms with Gasteiger partial charge in [0.1, 0.15) is 5.69 Å². The number of imide groups is 1. The SMILES string of the molecule is CC(C(=O)NC(N)=O)N1CCN(C(=O)c2cc3ccccc3[nH]2)CC1. The molecular weight excluding hydrogens is 322 g/mol. The van der Waals surface area contributed by atoms with Crippen LogP contribution in [-0.2, 0) is 4.79 Å². The number of hydrogen-bond donors (Lipinski definition) is 3. The zero-order valence-corrected chi connectivity index (χ0v) is 14.0. The Labute approximate surface area is 144 Å². The van der Waals surface area contributed by atoms with Crippen molar-refractivity contribution in [3.8, 4) is 0 Å². The summed E-state index contributed by atoms with van der Waals surface area (Å²) in [6.45, 7) is 3.86. The smallest absolute Gasteiger partial charge is 0.318 e. The maximum atomic E-state index is 12.7. The predicted molar refractivity (Wildman–Crippen MR) is 93.0 cm³/mol. The predicted octanol–water partition coefficient (Wildman–Crippen LogP) is 0.509. The first kappa shape index (κ1) is 17.0. The molecule has 1 unspecified atom stereocenters. The number of rotatable bonds is 3. The molecule has 8 heteroatoms. The van der Waals surface area contributed by atoms with Gasteiger partial charge < -0.3 is 15.6 Å². The van der Waals surface area contributed by atoms with Gasteiger partial charge in [0.05, 0.1) is 6.04 Å². The average Bonchev–Trinajstić information content (AvgIpc) is 3.04. The number of H-pyrrole nitrogens is 1. The summed E-state index contributed by atoms with van der Waals surface area (Å²) in [5.74, 6) is -0.479. The van der Waals surface area contributed by atoms with E-state index in [4.69, 9.17) is 5.73 Å². The molecule has 1 saturated heterocycles. The monoisotopic (exact) mass is 343 g/mol. The van der Waals surface area contributed by atoms with Gasteiger partial charge in [-0.05, 0) is 19.1 Å². The highest BCUT2D eigenvalue weighted by Crippen LogP contribution is 2.17. The molecule has 4 N–H and O–H groups in total.